The van der Waals surface area contributed by atoms with Crippen LogP contribution in [0.5, 0.6) is 0 Å². The van der Waals surface area contributed by atoms with E-state index < -0.39 is 17.0 Å². The summed E-state index contributed by atoms with van der Waals surface area (Å²) in [7, 11) is -3.07. The van der Waals surface area contributed by atoms with Crippen molar-refractivity contribution in [2.45, 2.75) is 0 Å². The molecule has 4 nitrogen and oxygen atoms in total. The van der Waals surface area contributed by atoms with Crippen LogP contribution in [0.2, 0.25) is 0 Å². The van der Waals surface area contributed by atoms with Gasteiger partial charge in [0, 0.05) is 6.08 Å². The third-order valence-corrected chi connectivity index (χ3v) is 0.660. The fourth-order valence-corrected chi connectivity index (χ4v) is 0.332. The van der Waals surface area contributed by atoms with Gasteiger partial charge >= 0.3 is 17.0 Å². The van der Waals surface area contributed by atoms with Crippen molar-refractivity contribution in [2.75, 3.05) is 0 Å². The Kier molecular flexibility index (Phi) is 2.86. The number of hydrogen-bond acceptors (Lipinski definition) is 4. The molecule has 8 heavy (non-hydrogen) atoms. The fourth-order valence-electron chi connectivity index (χ4n) is 0.111. The van der Waals surface area contributed by atoms with Gasteiger partial charge in [-0.2, -0.15) is 8.42 Å². The maximum atomic E-state index is 9.90. The smallest absolute Gasteiger partial charge is 0.344 e. The van der Waals surface area contributed by atoms with Crippen molar-refractivity contribution >= 4 is 17.0 Å². The summed E-state index contributed by atoms with van der Waals surface area (Å²) >= 11 is 0. The van der Waals surface area contributed by atoms with E-state index in [0.717, 1.165) is 6.08 Å². The van der Waals surface area contributed by atoms with Gasteiger partial charge in [0.25, 0.3) is 0 Å². The predicted octanol–water partition coefficient (Wildman–Crippen LogP) is -0.758. The summed E-state index contributed by atoms with van der Waals surface area (Å²) in [5, 5.41) is 0. The first-order chi connectivity index (χ1) is 3.66. The van der Waals surface area contributed by atoms with Gasteiger partial charge in [-0.3, -0.25) is 0 Å². The molecule has 0 rings (SSSR count). The standard InChI is InChI=1S/C3H4O4S/c1-2-3(4)7-8(5)6/h2,8H,1H2. The van der Waals surface area contributed by atoms with Gasteiger partial charge in [0.05, 0.1) is 0 Å². The van der Waals surface area contributed by atoms with Gasteiger partial charge in [0.2, 0.25) is 0 Å². The first-order valence-electron chi connectivity index (χ1n) is 1.65. The Balaban J connectivity index is 3.73. The van der Waals surface area contributed by atoms with Crippen molar-refractivity contribution in [3.8, 4) is 0 Å². The van der Waals surface area contributed by atoms with Crippen molar-refractivity contribution in [3.05, 3.63) is 12.7 Å². The molecule has 0 bridgehead atoms. The van der Waals surface area contributed by atoms with Crippen molar-refractivity contribution in [3.63, 3.8) is 0 Å². The summed E-state index contributed by atoms with van der Waals surface area (Å²) in [6, 6.07) is 0. The summed E-state index contributed by atoms with van der Waals surface area (Å²) in [5.41, 5.74) is 0. The number of carbonyl (C=O) groups is 1. The van der Waals surface area contributed by atoms with Gasteiger partial charge in [-0.05, 0) is 0 Å². The number of rotatable bonds is 2. The van der Waals surface area contributed by atoms with E-state index in [4.69, 9.17) is 0 Å². The molecule has 0 N–H and O–H groups in total. The molecular formula is C3H4O4S. The third-order valence-electron chi connectivity index (χ3n) is 0.331. The van der Waals surface area contributed by atoms with Crippen LogP contribution in [-0.2, 0) is 20.0 Å². The van der Waals surface area contributed by atoms with E-state index >= 15 is 0 Å². The quantitative estimate of drug-likeness (QED) is 0.400. The van der Waals surface area contributed by atoms with Gasteiger partial charge < -0.3 is 4.18 Å². The lowest BCUT2D eigenvalue weighted by Crippen LogP contribution is -1.96. The van der Waals surface area contributed by atoms with Crippen molar-refractivity contribution < 1.29 is 17.4 Å². The van der Waals surface area contributed by atoms with Crippen LogP contribution in [0.3, 0.4) is 0 Å². The van der Waals surface area contributed by atoms with Crippen LogP contribution in [0.25, 0.3) is 0 Å². The minimum Gasteiger partial charge on any atom is -0.344 e. The molecule has 0 unspecified atom stereocenters. The molecule has 0 aromatic carbocycles. The molecule has 0 aromatic heterocycles. The minimum atomic E-state index is -3.07. The Morgan fingerprint density at radius 1 is 1.62 bits per heavy atom. The normalized spacial score (nSPS) is 8.62. The Morgan fingerprint density at radius 3 is 2.25 bits per heavy atom. The minimum absolute atomic E-state index is 0.769. The molecule has 0 aromatic rings. The van der Waals surface area contributed by atoms with E-state index in [1.54, 1.807) is 0 Å². The molecule has 0 spiro atoms. The average molecular weight is 136 g/mol. The van der Waals surface area contributed by atoms with E-state index in [-0.39, 0.29) is 0 Å². The average Bonchev–Trinajstić information content (AvgIpc) is 1.65. The number of carbonyl (C=O) groups excluding carboxylic acids is 1. The van der Waals surface area contributed by atoms with Crippen LogP contribution in [0, 0.1) is 0 Å². The second-order valence-electron chi connectivity index (χ2n) is 0.838. The topological polar surface area (TPSA) is 60.4 Å². The van der Waals surface area contributed by atoms with E-state index in [2.05, 4.69) is 10.8 Å². The molecule has 0 amide bonds. The number of hydrogen-bond donors (Lipinski definition) is 1. The lowest BCUT2D eigenvalue weighted by molar-refractivity contribution is -0.128. The third kappa shape index (κ3) is 3.35. The Morgan fingerprint density at radius 2 is 2.12 bits per heavy atom. The van der Waals surface area contributed by atoms with Crippen molar-refractivity contribution in [1.82, 2.24) is 0 Å². The molecule has 0 aliphatic rings. The maximum absolute atomic E-state index is 9.90. The molecule has 0 saturated heterocycles. The van der Waals surface area contributed by atoms with E-state index in [9.17, 15) is 13.2 Å². The van der Waals surface area contributed by atoms with Crippen molar-refractivity contribution in [1.29, 1.82) is 0 Å². The Bertz CT molecular complexity index is 160. The highest BCUT2D eigenvalue weighted by Gasteiger charge is 1.92. The van der Waals surface area contributed by atoms with Crippen molar-refractivity contribution in [2.24, 2.45) is 0 Å². The summed E-state index contributed by atoms with van der Waals surface area (Å²) in [4.78, 5) is 9.90. The molecule has 0 atom stereocenters. The molecule has 0 heterocycles. The zero-order valence-electron chi connectivity index (χ0n) is 3.86. The largest absolute Gasteiger partial charge is 0.345 e. The molecule has 0 aliphatic carbocycles. The highest BCUT2D eigenvalue weighted by molar-refractivity contribution is 7.67. The second kappa shape index (κ2) is 3.20. The molecule has 0 fully saturated rings. The summed E-state index contributed by atoms with van der Waals surface area (Å²) in [5.74, 6) is -0.957. The summed E-state index contributed by atoms with van der Waals surface area (Å²) in [6.45, 7) is 2.97. The lowest BCUT2D eigenvalue weighted by atomic mass is 10.7. The van der Waals surface area contributed by atoms with Crippen LogP contribution in [-0.4, -0.2) is 14.4 Å². The van der Waals surface area contributed by atoms with Crippen LogP contribution in [0.1, 0.15) is 0 Å². The molecule has 46 valence electrons. The van der Waals surface area contributed by atoms with Crippen LogP contribution >= 0.6 is 0 Å². The van der Waals surface area contributed by atoms with E-state index in [0.29, 0.717) is 0 Å². The maximum Gasteiger partial charge on any atom is 0.345 e. The zero-order chi connectivity index (χ0) is 6.57. The molecular weight excluding hydrogens is 132 g/mol. The number of thiol groups is 1. The highest BCUT2D eigenvalue weighted by Crippen LogP contribution is 1.75. The Hall–Kier alpha value is -0.840. The first kappa shape index (κ1) is 7.16. The van der Waals surface area contributed by atoms with Gasteiger partial charge in [-0.15, -0.1) is 0 Å². The Labute approximate surface area is 47.9 Å². The second-order valence-corrected chi connectivity index (χ2v) is 1.47. The SMILES string of the molecule is C=CC(=O)O[SH](=O)=O. The summed E-state index contributed by atoms with van der Waals surface area (Å²) < 4.78 is 22.6. The van der Waals surface area contributed by atoms with Gasteiger partial charge in [-0.25, -0.2) is 4.79 Å². The monoisotopic (exact) mass is 136 g/mol. The molecule has 0 saturated carbocycles. The molecule has 0 radical (unpaired) electrons. The zero-order valence-corrected chi connectivity index (χ0v) is 4.76. The van der Waals surface area contributed by atoms with Gasteiger partial charge in [0.1, 0.15) is 0 Å². The van der Waals surface area contributed by atoms with Gasteiger partial charge in [-0.1, -0.05) is 6.58 Å². The van der Waals surface area contributed by atoms with Crippen LogP contribution in [0.15, 0.2) is 12.7 Å². The highest BCUT2D eigenvalue weighted by atomic mass is 32.2. The first-order valence-corrected chi connectivity index (χ1v) is 2.75. The molecule has 0 aliphatic heterocycles. The van der Waals surface area contributed by atoms with E-state index in [1.165, 1.54) is 0 Å². The predicted molar refractivity (Wildman–Crippen MR) is 26.6 cm³/mol. The molecule has 5 heteroatoms. The van der Waals surface area contributed by atoms with Crippen LogP contribution < -0.4 is 0 Å². The lowest BCUT2D eigenvalue weighted by Gasteiger charge is -1.83. The van der Waals surface area contributed by atoms with E-state index in [1.807, 2.05) is 0 Å². The summed E-state index contributed by atoms with van der Waals surface area (Å²) in [6.07, 6.45) is 0.769. The fraction of sp³-hybridized carbons (Fsp3) is 0. The van der Waals surface area contributed by atoms with Gasteiger partial charge in [0.15, 0.2) is 0 Å². The van der Waals surface area contributed by atoms with Crippen LogP contribution in [0.4, 0.5) is 0 Å².